The van der Waals surface area contributed by atoms with Crippen LogP contribution in [-0.4, -0.2) is 85.3 Å². The number of benzene rings is 1. The molecule has 2 unspecified atom stereocenters. The lowest BCUT2D eigenvalue weighted by atomic mass is 9.78. The predicted molar refractivity (Wildman–Crippen MR) is 149 cm³/mol. The predicted octanol–water partition coefficient (Wildman–Crippen LogP) is 3.24. The Kier molecular flexibility index (Phi) is 7.74. The van der Waals surface area contributed by atoms with Gasteiger partial charge in [-0.2, -0.15) is 0 Å². The minimum atomic E-state index is -0.845. The molecule has 4 aliphatic heterocycles. The summed E-state index contributed by atoms with van der Waals surface area (Å²) in [4.78, 5) is 48.2. The molecule has 0 bridgehead atoms. The van der Waals surface area contributed by atoms with Crippen LogP contribution in [0, 0.1) is 11.8 Å². The smallest absolute Gasteiger partial charge is 0.247 e. The number of thioether (sulfide) groups is 1. The number of likely N-dealkylation sites (tertiary alicyclic amines) is 1. The summed E-state index contributed by atoms with van der Waals surface area (Å²) in [6, 6.07) is 8.73. The molecule has 7 nitrogen and oxygen atoms in total. The maximum absolute atomic E-state index is 14.3. The number of carbonyl (C=O) groups excluding carboxylic acids is 3. The van der Waals surface area contributed by atoms with Crippen molar-refractivity contribution in [3.8, 4) is 0 Å². The molecular formula is C30H39N3O4S. The van der Waals surface area contributed by atoms with Crippen LogP contribution in [0.1, 0.15) is 45.6 Å². The second-order valence-electron chi connectivity index (χ2n) is 11.0. The van der Waals surface area contributed by atoms with E-state index in [0.29, 0.717) is 26.1 Å². The van der Waals surface area contributed by atoms with Gasteiger partial charge in [-0.1, -0.05) is 74.9 Å². The molecule has 7 atom stereocenters. The van der Waals surface area contributed by atoms with Gasteiger partial charge in [0.05, 0.1) is 29.2 Å². The van der Waals surface area contributed by atoms with E-state index in [2.05, 4.69) is 26.0 Å². The van der Waals surface area contributed by atoms with Crippen LogP contribution < -0.4 is 0 Å². The lowest BCUT2D eigenvalue weighted by Gasteiger charge is -2.39. The summed E-state index contributed by atoms with van der Waals surface area (Å²) in [6.45, 7) is 7.35. The van der Waals surface area contributed by atoms with E-state index < -0.39 is 28.7 Å². The number of hydrogen-bond donors (Lipinski definition) is 1. The van der Waals surface area contributed by atoms with E-state index in [1.54, 1.807) is 16.7 Å². The summed E-state index contributed by atoms with van der Waals surface area (Å²) < 4.78 is -0.845. The first-order valence-electron chi connectivity index (χ1n) is 14.0. The van der Waals surface area contributed by atoms with Crippen molar-refractivity contribution in [2.45, 2.75) is 74.7 Å². The summed E-state index contributed by atoms with van der Waals surface area (Å²) in [5.41, 5.74) is 1.04. The van der Waals surface area contributed by atoms with Crippen LogP contribution in [0.5, 0.6) is 0 Å². The third-order valence-corrected chi connectivity index (χ3v) is 10.5. The van der Waals surface area contributed by atoms with E-state index in [4.69, 9.17) is 0 Å². The summed E-state index contributed by atoms with van der Waals surface area (Å²) in [5, 5.41) is 10.1. The molecule has 3 amide bonds. The summed E-state index contributed by atoms with van der Waals surface area (Å²) >= 11 is 1.60. The lowest BCUT2D eigenvalue weighted by Crippen LogP contribution is -2.57. The Hall–Kier alpha value is -2.58. The van der Waals surface area contributed by atoms with Crippen LogP contribution in [0.25, 0.3) is 0 Å². The van der Waals surface area contributed by atoms with Gasteiger partial charge in [0.2, 0.25) is 17.7 Å². The van der Waals surface area contributed by atoms with Crippen molar-refractivity contribution in [3.63, 3.8) is 0 Å². The first kappa shape index (κ1) is 27.0. The van der Waals surface area contributed by atoms with Gasteiger partial charge in [-0.15, -0.1) is 11.8 Å². The van der Waals surface area contributed by atoms with Gasteiger partial charge >= 0.3 is 0 Å². The van der Waals surface area contributed by atoms with Crippen molar-refractivity contribution >= 4 is 29.5 Å². The fourth-order valence-corrected chi connectivity index (χ4v) is 8.86. The molecule has 0 aromatic heterocycles. The minimum absolute atomic E-state index is 0.0365. The van der Waals surface area contributed by atoms with Crippen molar-refractivity contribution < 1.29 is 19.5 Å². The molecule has 5 rings (SSSR count). The lowest BCUT2D eigenvalue weighted by molar-refractivity contribution is -0.147. The summed E-state index contributed by atoms with van der Waals surface area (Å²) in [5.74, 6) is -1.50. The van der Waals surface area contributed by atoms with Crippen LogP contribution in [0.4, 0.5) is 0 Å². The third kappa shape index (κ3) is 4.30. The third-order valence-electron chi connectivity index (χ3n) is 8.74. The van der Waals surface area contributed by atoms with Gasteiger partial charge in [-0.05, 0) is 25.3 Å². The summed E-state index contributed by atoms with van der Waals surface area (Å²) in [7, 11) is 0. The van der Waals surface area contributed by atoms with Crippen molar-refractivity contribution in [1.29, 1.82) is 0 Å². The molecule has 0 aliphatic carbocycles. The molecule has 2 saturated heterocycles. The van der Waals surface area contributed by atoms with E-state index >= 15 is 0 Å². The van der Waals surface area contributed by atoms with E-state index in [1.165, 1.54) is 0 Å². The molecule has 1 aromatic rings. The quantitative estimate of drug-likeness (QED) is 0.515. The molecular weight excluding hydrogens is 498 g/mol. The number of carbonyl (C=O) groups is 3. The van der Waals surface area contributed by atoms with Crippen LogP contribution in [0.2, 0.25) is 0 Å². The number of fused-ring (bicyclic) bond motifs is 2. The van der Waals surface area contributed by atoms with E-state index in [0.717, 1.165) is 18.4 Å². The van der Waals surface area contributed by atoms with E-state index in [1.807, 2.05) is 59.2 Å². The van der Waals surface area contributed by atoms with Crippen molar-refractivity contribution in [2.75, 3.05) is 19.7 Å². The van der Waals surface area contributed by atoms with Crippen molar-refractivity contribution in [2.24, 2.45) is 11.8 Å². The molecule has 0 radical (unpaired) electrons. The first-order valence-corrected chi connectivity index (χ1v) is 14.8. The molecule has 1 spiro atoms. The van der Waals surface area contributed by atoms with Crippen LogP contribution >= 0.6 is 11.8 Å². The zero-order valence-electron chi connectivity index (χ0n) is 22.5. The highest BCUT2D eigenvalue weighted by molar-refractivity contribution is 8.02. The zero-order chi connectivity index (χ0) is 27.0. The Bertz CT molecular complexity index is 1120. The van der Waals surface area contributed by atoms with Gasteiger partial charge < -0.3 is 19.8 Å². The van der Waals surface area contributed by atoms with Gasteiger partial charge in [-0.3, -0.25) is 14.4 Å². The Balaban J connectivity index is 1.56. The molecule has 2 fully saturated rings. The standard InChI is InChI=1S/C30H39N3O4S/c1-4-11-20(3)32-17-10-15-30-25(28(36)33(22(5-2)19-34)26(30)29(32)37)24-23(38-30)14-9-16-31(27(24)35)18-21-12-7-6-8-13-21/h6-10,12-15,20,22-26,34H,4-5,11,16-19H2,1-3H3/t20?,22-,23+,24-,25-,26?,30-/m0/s1. The molecule has 4 heterocycles. The molecule has 204 valence electrons. The fraction of sp³-hybridized carbons (Fsp3) is 0.567. The van der Waals surface area contributed by atoms with Crippen LogP contribution in [0.15, 0.2) is 54.6 Å². The maximum atomic E-state index is 14.3. The molecule has 0 saturated carbocycles. The van der Waals surface area contributed by atoms with Gasteiger partial charge in [0.25, 0.3) is 0 Å². The SMILES string of the molecule is CCCC(C)N1CC=C[C@]23S[C@@H]4C=CCN(Cc5ccccc5)C(=O)[C@@H]4[C@H]2C(=O)N([C@@H](CC)CO)C3C1=O. The molecule has 8 heteroatoms. The highest BCUT2D eigenvalue weighted by atomic mass is 32.2. The maximum Gasteiger partial charge on any atom is 0.247 e. The largest absolute Gasteiger partial charge is 0.394 e. The van der Waals surface area contributed by atoms with Crippen molar-refractivity contribution in [3.05, 3.63) is 60.2 Å². The summed E-state index contributed by atoms with van der Waals surface area (Å²) in [6.07, 6.45) is 10.6. The first-order chi connectivity index (χ1) is 18.4. The Labute approximate surface area is 229 Å². The highest BCUT2D eigenvalue weighted by Gasteiger charge is 2.71. The Morgan fingerprint density at radius 1 is 1.05 bits per heavy atom. The van der Waals surface area contributed by atoms with Crippen molar-refractivity contribution in [1.82, 2.24) is 14.7 Å². The Morgan fingerprint density at radius 3 is 2.50 bits per heavy atom. The van der Waals surface area contributed by atoms with E-state index in [-0.39, 0.29) is 35.6 Å². The average Bonchev–Trinajstić information content (AvgIpc) is 3.23. The highest BCUT2D eigenvalue weighted by Crippen LogP contribution is 2.61. The molecule has 1 aromatic carbocycles. The second kappa shape index (κ2) is 10.9. The molecule has 4 aliphatic rings. The number of nitrogens with zero attached hydrogens (tertiary/aromatic N) is 3. The van der Waals surface area contributed by atoms with Gasteiger partial charge in [0.15, 0.2) is 0 Å². The van der Waals surface area contributed by atoms with Gasteiger partial charge in [-0.25, -0.2) is 0 Å². The van der Waals surface area contributed by atoms with Crippen LogP contribution in [-0.2, 0) is 20.9 Å². The number of rotatable bonds is 8. The van der Waals surface area contributed by atoms with Gasteiger partial charge in [0.1, 0.15) is 6.04 Å². The Morgan fingerprint density at radius 2 is 1.82 bits per heavy atom. The average molecular weight is 538 g/mol. The zero-order valence-corrected chi connectivity index (χ0v) is 23.3. The number of hydrogen-bond acceptors (Lipinski definition) is 5. The second-order valence-corrected chi connectivity index (χ2v) is 12.5. The normalized spacial score (nSPS) is 32.1. The minimum Gasteiger partial charge on any atom is -0.394 e. The number of aliphatic hydroxyl groups is 1. The molecule has 38 heavy (non-hydrogen) atoms. The topological polar surface area (TPSA) is 81.2 Å². The van der Waals surface area contributed by atoms with E-state index in [9.17, 15) is 19.5 Å². The van der Waals surface area contributed by atoms with Gasteiger partial charge in [0, 0.05) is 30.9 Å². The number of amides is 3. The number of aliphatic hydroxyl groups excluding tert-OH is 1. The molecule has 1 N–H and O–H groups in total. The monoisotopic (exact) mass is 537 g/mol. The van der Waals surface area contributed by atoms with Crippen LogP contribution in [0.3, 0.4) is 0 Å². The fourth-order valence-electron chi connectivity index (χ4n) is 6.87.